The number of ether oxygens (including phenoxy) is 1. The molecule has 2 aromatic rings. The Morgan fingerprint density at radius 3 is 2.72 bits per heavy atom. The zero-order valence-corrected chi connectivity index (χ0v) is 16.8. The molecule has 2 aliphatic rings. The molecule has 29 heavy (non-hydrogen) atoms. The molecule has 3 heterocycles. The number of morpholine rings is 1. The van der Waals surface area contributed by atoms with Crippen LogP contribution in [-0.2, 0) is 22.5 Å². The van der Waals surface area contributed by atoms with E-state index in [1.165, 1.54) is 0 Å². The molecule has 0 unspecified atom stereocenters. The van der Waals surface area contributed by atoms with Crippen LogP contribution in [0, 0.1) is 0 Å². The van der Waals surface area contributed by atoms with Crippen LogP contribution in [0.25, 0.3) is 0 Å². The molecule has 1 aromatic carbocycles. The number of amidine groups is 1. The number of rotatable bonds is 6. The highest BCUT2D eigenvalue weighted by molar-refractivity contribution is 6.01. The van der Waals surface area contributed by atoms with Gasteiger partial charge in [0.25, 0.3) is 0 Å². The minimum absolute atomic E-state index is 0.0829. The van der Waals surface area contributed by atoms with Crippen molar-refractivity contribution in [3.63, 3.8) is 0 Å². The van der Waals surface area contributed by atoms with Crippen molar-refractivity contribution >= 4 is 11.6 Å². The Morgan fingerprint density at radius 2 is 2.00 bits per heavy atom. The maximum atomic E-state index is 12.7. The molecular formula is C23H27N3O3. The minimum atomic E-state index is -0.584. The van der Waals surface area contributed by atoms with Crippen molar-refractivity contribution in [3.8, 4) is 0 Å². The molecule has 0 bridgehead atoms. The molecule has 0 saturated carbocycles. The van der Waals surface area contributed by atoms with Gasteiger partial charge >= 0.3 is 0 Å². The average Bonchev–Trinajstić information content (AvgIpc) is 3.16. The van der Waals surface area contributed by atoms with E-state index < -0.39 is 6.10 Å². The predicted molar refractivity (Wildman–Crippen MR) is 111 cm³/mol. The van der Waals surface area contributed by atoms with Crippen LogP contribution in [0.3, 0.4) is 0 Å². The van der Waals surface area contributed by atoms with Crippen molar-refractivity contribution < 1.29 is 14.6 Å². The molecule has 6 heteroatoms. The lowest BCUT2D eigenvalue weighted by atomic mass is 9.88. The molecule has 6 nitrogen and oxygen atoms in total. The smallest absolute Gasteiger partial charge is 0.139 e. The summed E-state index contributed by atoms with van der Waals surface area (Å²) in [6, 6.07) is 11.7. The number of benzene rings is 1. The summed E-state index contributed by atoms with van der Waals surface area (Å²) in [5, 5.41) is 10.2. The monoisotopic (exact) mass is 393 g/mol. The number of hydrogen-bond acceptors (Lipinski definition) is 6. The highest BCUT2D eigenvalue weighted by atomic mass is 16.5. The summed E-state index contributed by atoms with van der Waals surface area (Å²) in [7, 11) is 0. The number of aliphatic hydroxyl groups is 1. The van der Waals surface area contributed by atoms with Crippen LogP contribution < -0.4 is 0 Å². The number of hydrogen-bond donors (Lipinski definition) is 1. The van der Waals surface area contributed by atoms with Gasteiger partial charge < -0.3 is 14.7 Å². The summed E-state index contributed by atoms with van der Waals surface area (Å²) in [6.07, 6.45) is 1.84. The molecule has 0 amide bonds. The third kappa shape index (κ3) is 4.54. The Kier molecular flexibility index (Phi) is 6.02. The van der Waals surface area contributed by atoms with Gasteiger partial charge in [-0.2, -0.15) is 0 Å². The zero-order valence-electron chi connectivity index (χ0n) is 16.8. The maximum Gasteiger partial charge on any atom is 0.139 e. The lowest BCUT2D eigenvalue weighted by Gasteiger charge is -2.28. The van der Waals surface area contributed by atoms with Gasteiger partial charge in [-0.3, -0.25) is 14.8 Å². The molecule has 1 aromatic heterocycles. The van der Waals surface area contributed by atoms with Gasteiger partial charge in [-0.15, -0.1) is 0 Å². The highest BCUT2D eigenvalue weighted by Gasteiger charge is 2.25. The Labute approximate surface area is 171 Å². The molecule has 1 saturated heterocycles. The number of ketones is 1. The van der Waals surface area contributed by atoms with E-state index in [4.69, 9.17) is 4.74 Å². The van der Waals surface area contributed by atoms with Crippen LogP contribution >= 0.6 is 0 Å². The first-order valence-corrected chi connectivity index (χ1v) is 10.2. The van der Waals surface area contributed by atoms with E-state index in [1.807, 2.05) is 42.6 Å². The quantitative estimate of drug-likeness (QED) is 0.815. The van der Waals surface area contributed by atoms with E-state index in [0.29, 0.717) is 13.0 Å². The summed E-state index contributed by atoms with van der Waals surface area (Å²) >= 11 is 0. The third-order valence-corrected chi connectivity index (χ3v) is 5.63. The van der Waals surface area contributed by atoms with Gasteiger partial charge in [0.2, 0.25) is 0 Å². The van der Waals surface area contributed by atoms with Gasteiger partial charge in [-0.05, 0) is 24.1 Å². The van der Waals surface area contributed by atoms with Crippen LogP contribution in [0.1, 0.15) is 41.6 Å². The molecule has 4 rings (SSSR count). The first kappa shape index (κ1) is 19.7. The fourth-order valence-electron chi connectivity index (χ4n) is 4.05. The highest BCUT2D eigenvalue weighted by Crippen LogP contribution is 2.25. The average molecular weight is 393 g/mol. The molecule has 0 radical (unpaired) electrons. The zero-order chi connectivity index (χ0) is 20.2. The molecule has 1 N–H and O–H groups in total. The molecule has 152 valence electrons. The first-order chi connectivity index (χ1) is 14.1. The Bertz CT molecular complexity index is 889. The summed E-state index contributed by atoms with van der Waals surface area (Å²) in [5.74, 6) is 0.876. The van der Waals surface area contributed by atoms with Gasteiger partial charge in [0.05, 0.1) is 25.9 Å². The van der Waals surface area contributed by atoms with Crippen LogP contribution in [0.5, 0.6) is 0 Å². The van der Waals surface area contributed by atoms with Crippen molar-refractivity contribution in [2.45, 2.75) is 38.3 Å². The summed E-state index contributed by atoms with van der Waals surface area (Å²) in [6.45, 7) is 5.51. The van der Waals surface area contributed by atoms with Gasteiger partial charge in [-0.1, -0.05) is 30.3 Å². The second-order valence-electron chi connectivity index (χ2n) is 7.75. The fraction of sp³-hybridized carbons (Fsp3) is 0.435. The van der Waals surface area contributed by atoms with Gasteiger partial charge in [0.15, 0.2) is 0 Å². The second kappa shape index (κ2) is 8.84. The number of aliphatic imine (C=N–C) groups is 1. The molecule has 0 aliphatic carbocycles. The van der Waals surface area contributed by atoms with E-state index in [1.54, 1.807) is 6.92 Å². The summed E-state index contributed by atoms with van der Waals surface area (Å²) in [4.78, 5) is 24.2. The molecule has 1 fully saturated rings. The van der Waals surface area contributed by atoms with Crippen LogP contribution in [0.15, 0.2) is 47.6 Å². The van der Waals surface area contributed by atoms with Crippen molar-refractivity contribution in [1.82, 2.24) is 9.88 Å². The van der Waals surface area contributed by atoms with Gasteiger partial charge in [0, 0.05) is 49.3 Å². The maximum absolute atomic E-state index is 12.7. The van der Waals surface area contributed by atoms with Crippen LogP contribution in [0.2, 0.25) is 0 Å². The number of fused-ring (bicyclic) bond motifs is 1. The van der Waals surface area contributed by atoms with E-state index in [9.17, 15) is 9.90 Å². The third-order valence-electron chi connectivity index (χ3n) is 5.63. The number of Topliss-reactive ketones (excluding diaryl/α,β-unsaturated/α-hetero) is 1. The topological polar surface area (TPSA) is 75.0 Å². The molecule has 2 aliphatic heterocycles. The number of carbonyl (C=O) groups is 1. The first-order valence-electron chi connectivity index (χ1n) is 10.2. The van der Waals surface area contributed by atoms with Crippen LogP contribution in [-0.4, -0.2) is 59.0 Å². The lowest BCUT2D eigenvalue weighted by Crippen LogP contribution is -2.40. The molecular weight excluding hydrogens is 366 g/mol. The predicted octanol–water partition coefficient (Wildman–Crippen LogP) is 2.34. The summed E-state index contributed by atoms with van der Waals surface area (Å²) in [5.41, 5.74) is 3.94. The number of aliphatic hydroxyl groups excluding tert-OH is 1. The lowest BCUT2D eigenvalue weighted by molar-refractivity contribution is -0.119. The van der Waals surface area contributed by atoms with E-state index >= 15 is 0 Å². The number of aromatic nitrogens is 1. The molecule has 2 atom stereocenters. The van der Waals surface area contributed by atoms with E-state index in [-0.39, 0.29) is 18.1 Å². The molecule has 0 spiro atoms. The standard InChI is InChI=1S/C23H27N3O3/c1-16(27)21(17-5-3-2-4-6-17)13-20(28)12-19-11-18-14-25-23(22(18)15-24-19)26-7-9-29-10-8-26/h2-6,11,15-16,21,27H,7-10,12-14H2,1H3/t16-,21-/m1/s1. The van der Waals surface area contributed by atoms with Gasteiger partial charge in [-0.25, -0.2) is 0 Å². The number of pyridine rings is 1. The minimum Gasteiger partial charge on any atom is -0.393 e. The number of carbonyl (C=O) groups excluding carboxylic acids is 1. The number of nitrogens with zero attached hydrogens (tertiary/aromatic N) is 3. The largest absolute Gasteiger partial charge is 0.393 e. The Hall–Kier alpha value is -2.57. The Balaban J connectivity index is 1.42. The van der Waals surface area contributed by atoms with Gasteiger partial charge in [0.1, 0.15) is 11.6 Å². The van der Waals surface area contributed by atoms with E-state index in [0.717, 1.165) is 54.5 Å². The summed E-state index contributed by atoms with van der Waals surface area (Å²) < 4.78 is 5.42. The fourth-order valence-corrected chi connectivity index (χ4v) is 4.05. The second-order valence-corrected chi connectivity index (χ2v) is 7.75. The van der Waals surface area contributed by atoms with E-state index in [2.05, 4.69) is 14.9 Å². The van der Waals surface area contributed by atoms with Crippen molar-refractivity contribution in [3.05, 3.63) is 65.0 Å². The van der Waals surface area contributed by atoms with Crippen LogP contribution in [0.4, 0.5) is 0 Å². The normalized spacial score (nSPS) is 18.1. The Morgan fingerprint density at radius 1 is 1.24 bits per heavy atom. The van der Waals surface area contributed by atoms with Crippen molar-refractivity contribution in [2.24, 2.45) is 4.99 Å². The van der Waals surface area contributed by atoms with Crippen molar-refractivity contribution in [1.29, 1.82) is 0 Å². The van der Waals surface area contributed by atoms with Crippen molar-refractivity contribution in [2.75, 3.05) is 26.3 Å². The SMILES string of the molecule is C[C@@H](O)[C@@H](CC(=O)Cc1cc2c(cn1)C(N1CCOCC1)=NC2)c1ccccc1.